The van der Waals surface area contributed by atoms with Crippen LogP contribution in [0.2, 0.25) is 0 Å². The summed E-state index contributed by atoms with van der Waals surface area (Å²) in [6, 6.07) is -0.818. The van der Waals surface area contributed by atoms with Gasteiger partial charge in [0, 0.05) is 6.42 Å². The van der Waals surface area contributed by atoms with E-state index in [0.717, 1.165) is 38.5 Å². The molecule has 0 aromatic rings. The molecule has 0 bridgehead atoms. The van der Waals surface area contributed by atoms with E-state index >= 15 is 0 Å². The molecule has 0 aliphatic rings. The third-order valence-corrected chi connectivity index (χ3v) is 12.1. The lowest BCUT2D eigenvalue weighted by molar-refractivity contribution is -0.123. The van der Waals surface area contributed by atoms with E-state index in [-0.39, 0.29) is 5.91 Å². The van der Waals surface area contributed by atoms with Gasteiger partial charge in [0.1, 0.15) is 0 Å². The van der Waals surface area contributed by atoms with Gasteiger partial charge in [-0.25, -0.2) is 4.57 Å². The van der Waals surface area contributed by atoms with Crippen molar-refractivity contribution in [2.24, 2.45) is 0 Å². The number of hydrogen-bond donors (Lipinski definition) is 4. The molecule has 0 fully saturated rings. The summed E-state index contributed by atoms with van der Waals surface area (Å²) in [5.74, 6) is -0.186. The highest BCUT2D eigenvalue weighted by atomic mass is 31.2. The first kappa shape index (κ1) is 54.5. The fourth-order valence-electron chi connectivity index (χ4n) is 7.88. The minimum atomic E-state index is -4.69. The van der Waals surface area contributed by atoms with Crippen LogP contribution in [0.5, 0.6) is 0 Å². The summed E-state index contributed by atoms with van der Waals surface area (Å²) in [5, 5.41) is 13.6. The van der Waals surface area contributed by atoms with Crippen LogP contribution in [0.3, 0.4) is 0 Å². The van der Waals surface area contributed by atoms with Crippen molar-refractivity contribution in [2.75, 3.05) is 6.61 Å². The van der Waals surface area contributed by atoms with Crippen LogP contribution >= 0.6 is 7.82 Å². The first-order chi connectivity index (χ1) is 26.8. The maximum absolute atomic E-state index is 12.6. The number of nitrogens with one attached hydrogen (secondary N) is 1. The number of hydrogen-bond acceptors (Lipinski definition) is 4. The van der Waals surface area contributed by atoms with Crippen molar-refractivity contribution in [1.29, 1.82) is 0 Å². The van der Waals surface area contributed by atoms with Crippen LogP contribution in [0.15, 0.2) is 0 Å². The summed E-state index contributed by atoms with van der Waals surface area (Å²) >= 11 is 0. The number of rotatable bonds is 46. The molecule has 0 aliphatic heterocycles. The molecule has 0 aromatic heterocycles. The zero-order valence-corrected chi connectivity index (χ0v) is 37.8. The highest BCUT2D eigenvalue weighted by molar-refractivity contribution is 7.46. The van der Waals surface area contributed by atoms with Crippen molar-refractivity contribution in [2.45, 2.75) is 289 Å². The highest BCUT2D eigenvalue weighted by Crippen LogP contribution is 2.36. The van der Waals surface area contributed by atoms with Gasteiger partial charge in [0.05, 0.1) is 18.8 Å². The van der Waals surface area contributed by atoms with Crippen molar-refractivity contribution in [1.82, 2.24) is 5.32 Å². The number of phosphoric ester groups is 1. The molecule has 0 aromatic carbocycles. The number of unbranched alkanes of at least 4 members (excludes halogenated alkanes) is 37. The van der Waals surface area contributed by atoms with Crippen molar-refractivity contribution in [3.63, 3.8) is 0 Å². The Bertz CT molecular complexity index is 823. The van der Waals surface area contributed by atoms with Gasteiger partial charge in [0.25, 0.3) is 0 Å². The molecular formula is C47H96NO6P. The summed E-state index contributed by atoms with van der Waals surface area (Å²) in [6.45, 7) is 4.16. The minimum Gasteiger partial charge on any atom is -0.391 e. The second kappa shape index (κ2) is 43.1. The summed E-state index contributed by atoms with van der Waals surface area (Å²) in [5.41, 5.74) is 0. The zero-order chi connectivity index (χ0) is 40.3. The standard InChI is InChI=1S/C47H96NO6P/c1-3-5-7-9-11-13-15-17-19-20-21-22-23-24-25-26-27-29-31-33-35-37-39-41-43-47(50)48-45(44-54-55(51,52)53)46(49)42-40-38-36-34-32-30-28-18-16-14-12-10-8-6-4-2/h45-46,49H,3-44H2,1-2H3,(H,48,50)(H2,51,52,53)/t45-,46+/m0/s1. The van der Waals surface area contributed by atoms with Gasteiger partial charge in [-0.05, 0) is 12.8 Å². The highest BCUT2D eigenvalue weighted by Gasteiger charge is 2.25. The van der Waals surface area contributed by atoms with E-state index in [2.05, 4.69) is 19.2 Å². The van der Waals surface area contributed by atoms with Gasteiger partial charge in [-0.2, -0.15) is 0 Å². The van der Waals surface area contributed by atoms with Gasteiger partial charge in [-0.1, -0.05) is 258 Å². The second-order valence-corrected chi connectivity index (χ2v) is 18.4. The Morgan fingerprint density at radius 3 is 0.982 bits per heavy atom. The van der Waals surface area contributed by atoms with Gasteiger partial charge in [-0.15, -0.1) is 0 Å². The van der Waals surface area contributed by atoms with Crippen LogP contribution in [0, 0.1) is 0 Å². The lowest BCUT2D eigenvalue weighted by atomic mass is 10.0. The smallest absolute Gasteiger partial charge is 0.391 e. The minimum absolute atomic E-state index is 0.186. The first-order valence-corrected chi connectivity index (χ1v) is 26.0. The van der Waals surface area contributed by atoms with Crippen LogP contribution in [0.25, 0.3) is 0 Å². The Labute approximate surface area is 342 Å². The van der Waals surface area contributed by atoms with E-state index in [1.165, 1.54) is 212 Å². The fourth-order valence-corrected chi connectivity index (χ4v) is 8.23. The average molecular weight is 802 g/mol. The van der Waals surface area contributed by atoms with Crippen LogP contribution < -0.4 is 5.32 Å². The van der Waals surface area contributed by atoms with E-state index in [1.807, 2.05) is 0 Å². The van der Waals surface area contributed by atoms with Gasteiger partial charge in [0.2, 0.25) is 5.91 Å². The average Bonchev–Trinajstić information content (AvgIpc) is 3.16. The van der Waals surface area contributed by atoms with Crippen LogP contribution in [-0.4, -0.2) is 39.6 Å². The predicted octanol–water partition coefficient (Wildman–Crippen LogP) is 15.0. The summed E-state index contributed by atoms with van der Waals surface area (Å²) < 4.78 is 16.0. The molecule has 55 heavy (non-hydrogen) atoms. The predicted molar refractivity (Wildman–Crippen MR) is 237 cm³/mol. The van der Waals surface area contributed by atoms with E-state index in [4.69, 9.17) is 4.52 Å². The Morgan fingerprint density at radius 2 is 0.709 bits per heavy atom. The topological polar surface area (TPSA) is 116 Å². The van der Waals surface area contributed by atoms with E-state index in [0.29, 0.717) is 12.8 Å². The van der Waals surface area contributed by atoms with Gasteiger partial charge >= 0.3 is 7.82 Å². The largest absolute Gasteiger partial charge is 0.469 e. The molecule has 330 valence electrons. The molecular weight excluding hydrogens is 705 g/mol. The maximum Gasteiger partial charge on any atom is 0.469 e. The quantitative estimate of drug-likeness (QED) is 0.0360. The van der Waals surface area contributed by atoms with Crippen LogP contribution in [-0.2, 0) is 13.9 Å². The van der Waals surface area contributed by atoms with Crippen LogP contribution in [0.1, 0.15) is 277 Å². The molecule has 0 radical (unpaired) electrons. The number of phosphoric acid groups is 1. The molecule has 7 nitrogen and oxygen atoms in total. The fraction of sp³-hybridized carbons (Fsp3) is 0.979. The Morgan fingerprint density at radius 1 is 0.455 bits per heavy atom. The van der Waals surface area contributed by atoms with Crippen LogP contribution in [0.4, 0.5) is 0 Å². The van der Waals surface area contributed by atoms with Gasteiger partial charge < -0.3 is 20.2 Å². The number of aliphatic hydroxyl groups excluding tert-OH is 1. The maximum atomic E-state index is 12.6. The number of carbonyl (C=O) groups is 1. The Kier molecular flexibility index (Phi) is 42.8. The van der Waals surface area contributed by atoms with Crippen molar-refractivity contribution < 1.29 is 28.8 Å². The monoisotopic (exact) mass is 802 g/mol. The molecule has 0 saturated heterocycles. The molecule has 0 unspecified atom stereocenters. The third-order valence-electron chi connectivity index (χ3n) is 11.6. The normalized spacial score (nSPS) is 13.0. The molecule has 0 aliphatic carbocycles. The molecule has 1 amide bonds. The summed E-state index contributed by atoms with van der Waals surface area (Å²) in [6.07, 6.45) is 51.1. The van der Waals surface area contributed by atoms with Crippen molar-refractivity contribution >= 4 is 13.7 Å². The molecule has 0 spiro atoms. The molecule has 0 heterocycles. The van der Waals surface area contributed by atoms with Gasteiger partial charge in [0.15, 0.2) is 0 Å². The van der Waals surface area contributed by atoms with E-state index in [1.54, 1.807) is 0 Å². The van der Waals surface area contributed by atoms with Crippen molar-refractivity contribution in [3.05, 3.63) is 0 Å². The third kappa shape index (κ3) is 44.5. The van der Waals surface area contributed by atoms with E-state index < -0.39 is 26.6 Å². The Balaban J connectivity index is 3.75. The lowest BCUT2D eigenvalue weighted by Gasteiger charge is -2.24. The molecule has 0 rings (SSSR count). The lowest BCUT2D eigenvalue weighted by Crippen LogP contribution is -2.46. The molecule has 2 atom stereocenters. The van der Waals surface area contributed by atoms with E-state index in [9.17, 15) is 24.3 Å². The zero-order valence-electron chi connectivity index (χ0n) is 36.9. The number of amides is 1. The summed E-state index contributed by atoms with van der Waals surface area (Å²) in [4.78, 5) is 31.0. The van der Waals surface area contributed by atoms with Gasteiger partial charge in [-0.3, -0.25) is 9.32 Å². The Hall–Kier alpha value is -0.460. The SMILES string of the molecule is CCCCCCCCCCCCCCCCCCCCCCCCCCC(=O)N[C@@H](COP(=O)(O)O)[C@H](O)CCCCCCCCCCCCCCCCC. The first-order valence-electron chi connectivity index (χ1n) is 24.5. The molecule has 0 saturated carbocycles. The number of carbonyl (C=O) groups excluding carboxylic acids is 1. The van der Waals surface area contributed by atoms with Crippen molar-refractivity contribution in [3.8, 4) is 0 Å². The summed E-state index contributed by atoms with van der Waals surface area (Å²) in [7, 11) is -4.69. The molecule has 8 heteroatoms. The molecule has 4 N–H and O–H groups in total. The second-order valence-electron chi connectivity index (χ2n) is 17.1. The number of aliphatic hydroxyl groups is 1.